The molecule has 0 aromatic heterocycles. The largest absolute Gasteiger partial charge is 0.358 e. The fourth-order valence-electron chi connectivity index (χ4n) is 2.36. The molecule has 1 aliphatic rings. The molecule has 7 heteroatoms. The van der Waals surface area contributed by atoms with E-state index in [9.17, 15) is 14.4 Å². The van der Waals surface area contributed by atoms with E-state index in [1.165, 1.54) is 0 Å². The number of rotatable bonds is 7. The van der Waals surface area contributed by atoms with E-state index < -0.39 is 0 Å². The highest BCUT2D eigenvalue weighted by Gasteiger charge is 2.21. The minimum Gasteiger partial charge on any atom is -0.358 e. The molecule has 1 heterocycles. The maximum absolute atomic E-state index is 11.8. The van der Waals surface area contributed by atoms with Crippen LogP contribution in [-0.4, -0.2) is 44.4 Å². The number of nitrogens with one attached hydrogen (secondary N) is 3. The SMILES string of the molecule is CNC(=O)CNCCC(=O)Nc1ccc(N2CCCC2=O)cc1. The van der Waals surface area contributed by atoms with Gasteiger partial charge in [-0.3, -0.25) is 14.4 Å². The molecule has 2 rings (SSSR count). The first-order valence-electron chi connectivity index (χ1n) is 7.71. The molecular formula is C16H22N4O3. The summed E-state index contributed by atoms with van der Waals surface area (Å²) in [6, 6.07) is 7.25. The van der Waals surface area contributed by atoms with Crippen LogP contribution in [0.5, 0.6) is 0 Å². The lowest BCUT2D eigenvalue weighted by atomic mass is 10.2. The lowest BCUT2D eigenvalue weighted by Gasteiger charge is -2.16. The lowest BCUT2D eigenvalue weighted by Crippen LogP contribution is -2.33. The molecule has 1 aromatic rings. The Hall–Kier alpha value is -2.41. The van der Waals surface area contributed by atoms with Crippen LogP contribution in [0.1, 0.15) is 19.3 Å². The number of carbonyl (C=O) groups excluding carboxylic acids is 3. The van der Waals surface area contributed by atoms with E-state index in [4.69, 9.17) is 0 Å². The van der Waals surface area contributed by atoms with E-state index in [0.717, 1.165) is 18.7 Å². The molecule has 1 saturated heterocycles. The van der Waals surface area contributed by atoms with Crippen LogP contribution in [-0.2, 0) is 14.4 Å². The Kier molecular flexibility index (Phi) is 6.10. The number of benzene rings is 1. The third-order valence-corrected chi connectivity index (χ3v) is 3.63. The Morgan fingerprint density at radius 1 is 1.17 bits per heavy atom. The van der Waals surface area contributed by atoms with Crippen molar-refractivity contribution in [2.24, 2.45) is 0 Å². The van der Waals surface area contributed by atoms with Crippen LogP contribution in [0.2, 0.25) is 0 Å². The molecular weight excluding hydrogens is 296 g/mol. The van der Waals surface area contributed by atoms with Gasteiger partial charge in [0.05, 0.1) is 6.54 Å². The molecule has 0 bridgehead atoms. The monoisotopic (exact) mass is 318 g/mol. The summed E-state index contributed by atoms with van der Waals surface area (Å²) in [6.07, 6.45) is 1.77. The van der Waals surface area contributed by atoms with Gasteiger partial charge in [0.25, 0.3) is 0 Å². The topological polar surface area (TPSA) is 90.5 Å². The Balaban J connectivity index is 1.75. The van der Waals surface area contributed by atoms with Crippen LogP contribution in [0.25, 0.3) is 0 Å². The van der Waals surface area contributed by atoms with Gasteiger partial charge in [-0.05, 0) is 30.7 Å². The van der Waals surface area contributed by atoms with Gasteiger partial charge in [-0.2, -0.15) is 0 Å². The van der Waals surface area contributed by atoms with E-state index in [0.29, 0.717) is 18.7 Å². The number of hydrogen-bond donors (Lipinski definition) is 3. The van der Waals surface area contributed by atoms with Crippen molar-refractivity contribution in [2.45, 2.75) is 19.3 Å². The second-order valence-corrected chi connectivity index (χ2v) is 5.34. The molecule has 3 N–H and O–H groups in total. The quantitative estimate of drug-likeness (QED) is 0.638. The molecule has 0 unspecified atom stereocenters. The highest BCUT2D eigenvalue weighted by atomic mass is 16.2. The first kappa shape index (κ1) is 17.0. The Morgan fingerprint density at radius 2 is 1.91 bits per heavy atom. The Bertz CT molecular complexity index is 571. The van der Waals surface area contributed by atoms with Crippen molar-refractivity contribution in [3.05, 3.63) is 24.3 Å². The van der Waals surface area contributed by atoms with Gasteiger partial charge in [-0.1, -0.05) is 0 Å². The maximum Gasteiger partial charge on any atom is 0.233 e. The lowest BCUT2D eigenvalue weighted by molar-refractivity contribution is -0.120. The van der Waals surface area contributed by atoms with Crippen molar-refractivity contribution in [1.82, 2.24) is 10.6 Å². The summed E-state index contributed by atoms with van der Waals surface area (Å²) >= 11 is 0. The summed E-state index contributed by atoms with van der Waals surface area (Å²) in [7, 11) is 1.57. The number of anilines is 2. The molecule has 1 aromatic carbocycles. The predicted octanol–water partition coefficient (Wildman–Crippen LogP) is 0.478. The van der Waals surface area contributed by atoms with E-state index in [1.807, 2.05) is 12.1 Å². The minimum atomic E-state index is -0.126. The summed E-state index contributed by atoms with van der Waals surface area (Å²) < 4.78 is 0. The van der Waals surface area contributed by atoms with E-state index in [2.05, 4.69) is 16.0 Å². The molecule has 124 valence electrons. The summed E-state index contributed by atoms with van der Waals surface area (Å²) in [5.41, 5.74) is 1.55. The third-order valence-electron chi connectivity index (χ3n) is 3.63. The minimum absolute atomic E-state index is 0.113. The molecule has 0 spiro atoms. The number of hydrogen-bond acceptors (Lipinski definition) is 4. The molecule has 0 aliphatic carbocycles. The zero-order chi connectivity index (χ0) is 16.7. The van der Waals surface area contributed by atoms with Gasteiger partial charge in [0, 0.05) is 44.4 Å². The summed E-state index contributed by atoms with van der Waals surface area (Å²) in [5.74, 6) is -0.0964. The first-order chi connectivity index (χ1) is 11.1. The standard InChI is InChI=1S/C16H22N4O3/c1-17-15(22)11-18-9-8-14(21)19-12-4-6-13(7-5-12)20-10-2-3-16(20)23/h4-7,18H,2-3,8-11H2,1H3,(H,17,22)(H,19,21). The highest BCUT2D eigenvalue weighted by Crippen LogP contribution is 2.22. The van der Waals surface area contributed by atoms with Gasteiger partial charge in [0.15, 0.2) is 0 Å². The zero-order valence-electron chi connectivity index (χ0n) is 13.2. The van der Waals surface area contributed by atoms with Crippen molar-refractivity contribution in [3.8, 4) is 0 Å². The van der Waals surface area contributed by atoms with Gasteiger partial charge in [-0.25, -0.2) is 0 Å². The van der Waals surface area contributed by atoms with Crippen LogP contribution in [0.3, 0.4) is 0 Å². The second-order valence-electron chi connectivity index (χ2n) is 5.34. The van der Waals surface area contributed by atoms with Crippen LogP contribution in [0, 0.1) is 0 Å². The van der Waals surface area contributed by atoms with E-state index >= 15 is 0 Å². The van der Waals surface area contributed by atoms with Gasteiger partial charge in [0.1, 0.15) is 0 Å². The van der Waals surface area contributed by atoms with Crippen molar-refractivity contribution in [3.63, 3.8) is 0 Å². The zero-order valence-corrected chi connectivity index (χ0v) is 13.2. The summed E-state index contributed by atoms with van der Waals surface area (Å²) in [6.45, 7) is 1.38. The highest BCUT2D eigenvalue weighted by molar-refractivity contribution is 5.96. The van der Waals surface area contributed by atoms with E-state index in [1.54, 1.807) is 24.1 Å². The van der Waals surface area contributed by atoms with Crippen molar-refractivity contribution in [2.75, 3.05) is 36.9 Å². The second kappa shape index (κ2) is 8.28. The van der Waals surface area contributed by atoms with Crippen LogP contribution >= 0.6 is 0 Å². The van der Waals surface area contributed by atoms with Gasteiger partial charge in [0.2, 0.25) is 17.7 Å². The van der Waals surface area contributed by atoms with Crippen LogP contribution in [0.4, 0.5) is 11.4 Å². The summed E-state index contributed by atoms with van der Waals surface area (Å²) in [5, 5.41) is 8.17. The number of carbonyl (C=O) groups is 3. The van der Waals surface area contributed by atoms with Crippen molar-refractivity contribution >= 4 is 29.1 Å². The molecule has 0 radical (unpaired) electrons. The molecule has 1 aliphatic heterocycles. The number of nitrogens with zero attached hydrogens (tertiary/aromatic N) is 1. The van der Waals surface area contributed by atoms with Gasteiger partial charge in [-0.15, -0.1) is 0 Å². The Morgan fingerprint density at radius 3 is 2.52 bits per heavy atom. The smallest absolute Gasteiger partial charge is 0.233 e. The molecule has 0 saturated carbocycles. The fourth-order valence-corrected chi connectivity index (χ4v) is 2.36. The normalized spacial score (nSPS) is 14.0. The number of amides is 3. The average molecular weight is 318 g/mol. The molecule has 0 atom stereocenters. The molecule has 23 heavy (non-hydrogen) atoms. The van der Waals surface area contributed by atoms with Crippen molar-refractivity contribution in [1.29, 1.82) is 0 Å². The van der Waals surface area contributed by atoms with Crippen LogP contribution in [0.15, 0.2) is 24.3 Å². The Labute approximate surface area is 135 Å². The van der Waals surface area contributed by atoms with Gasteiger partial charge >= 0.3 is 0 Å². The molecule has 1 fully saturated rings. The van der Waals surface area contributed by atoms with Crippen LogP contribution < -0.4 is 20.9 Å². The molecule has 7 nitrogen and oxygen atoms in total. The van der Waals surface area contributed by atoms with E-state index in [-0.39, 0.29) is 30.7 Å². The maximum atomic E-state index is 11.8. The van der Waals surface area contributed by atoms with Crippen molar-refractivity contribution < 1.29 is 14.4 Å². The summed E-state index contributed by atoms with van der Waals surface area (Å²) in [4.78, 5) is 36.2. The number of likely N-dealkylation sites (N-methyl/N-ethyl adjacent to an activating group) is 1. The fraction of sp³-hybridized carbons (Fsp3) is 0.438. The molecule has 3 amide bonds. The third kappa shape index (κ3) is 5.07. The predicted molar refractivity (Wildman–Crippen MR) is 88.2 cm³/mol. The van der Waals surface area contributed by atoms with Gasteiger partial charge < -0.3 is 20.9 Å². The average Bonchev–Trinajstić information content (AvgIpc) is 2.98. The first-order valence-corrected chi connectivity index (χ1v) is 7.71.